The average molecular weight is 381 g/mol. The summed E-state index contributed by atoms with van der Waals surface area (Å²) in [6.07, 6.45) is 4.07. The molecule has 1 aromatic carbocycles. The number of piperidine rings is 1. The van der Waals surface area contributed by atoms with Crippen LogP contribution in [0.2, 0.25) is 0 Å². The minimum atomic E-state index is -0.292. The first-order valence-electron chi connectivity index (χ1n) is 8.76. The van der Waals surface area contributed by atoms with Crippen LogP contribution in [-0.2, 0) is 5.41 Å². The topological polar surface area (TPSA) is 59.0 Å². The highest BCUT2D eigenvalue weighted by atomic mass is 35.5. The number of amides is 1. The van der Waals surface area contributed by atoms with Crippen LogP contribution in [-0.4, -0.2) is 35.3 Å². The fraction of sp³-hybridized carbons (Fsp3) is 0.474. The Labute approximate surface area is 159 Å². The highest BCUT2D eigenvalue weighted by Gasteiger charge is 2.23. The maximum absolute atomic E-state index is 13.1. The van der Waals surface area contributed by atoms with Crippen molar-refractivity contribution in [3.63, 3.8) is 0 Å². The van der Waals surface area contributed by atoms with Crippen molar-refractivity contribution in [3.05, 3.63) is 53.6 Å². The summed E-state index contributed by atoms with van der Waals surface area (Å²) >= 11 is 0. The second kappa shape index (κ2) is 8.64. The Morgan fingerprint density at radius 1 is 1.35 bits per heavy atom. The Morgan fingerprint density at radius 3 is 2.73 bits per heavy atom. The smallest absolute Gasteiger partial charge is 0.271 e. The van der Waals surface area contributed by atoms with Gasteiger partial charge in [0.15, 0.2) is 0 Å². The molecule has 2 heterocycles. The van der Waals surface area contributed by atoms with Gasteiger partial charge >= 0.3 is 0 Å². The Hall–Kier alpha value is -1.92. The summed E-state index contributed by atoms with van der Waals surface area (Å²) in [5.74, 6) is -0.441. The number of carbonyl (C=O) groups excluding carboxylic acids is 1. The molecule has 2 aromatic rings. The SMILES string of the molecule is CC(C)(CNC(=O)c1ccn(C2CCCNC2)n1)c1ccc(F)cc1.Cl. The Morgan fingerprint density at radius 2 is 2.08 bits per heavy atom. The van der Waals surface area contributed by atoms with E-state index >= 15 is 0 Å². The number of hydrogen-bond donors (Lipinski definition) is 2. The minimum absolute atomic E-state index is 0. The van der Waals surface area contributed by atoms with Crippen LogP contribution >= 0.6 is 12.4 Å². The highest BCUT2D eigenvalue weighted by Crippen LogP contribution is 2.22. The number of halogens is 2. The molecule has 1 saturated heterocycles. The third-order valence-corrected chi connectivity index (χ3v) is 4.80. The lowest BCUT2D eigenvalue weighted by atomic mass is 9.84. The van der Waals surface area contributed by atoms with Gasteiger partial charge in [-0.2, -0.15) is 5.10 Å². The lowest BCUT2D eigenvalue weighted by Gasteiger charge is -2.25. The van der Waals surface area contributed by atoms with Crippen LogP contribution in [0, 0.1) is 5.82 Å². The molecular formula is C19H26ClFN4O. The van der Waals surface area contributed by atoms with E-state index in [4.69, 9.17) is 0 Å². The first kappa shape index (κ1) is 20.4. The van der Waals surface area contributed by atoms with Crippen molar-refractivity contribution >= 4 is 18.3 Å². The van der Waals surface area contributed by atoms with Crippen LogP contribution in [0.15, 0.2) is 36.5 Å². The minimum Gasteiger partial charge on any atom is -0.350 e. The van der Waals surface area contributed by atoms with E-state index in [1.54, 1.807) is 18.2 Å². The van der Waals surface area contributed by atoms with Crippen molar-refractivity contribution in [2.75, 3.05) is 19.6 Å². The van der Waals surface area contributed by atoms with E-state index in [9.17, 15) is 9.18 Å². The van der Waals surface area contributed by atoms with Crippen LogP contribution in [0.4, 0.5) is 4.39 Å². The summed E-state index contributed by atoms with van der Waals surface area (Å²) in [6.45, 7) is 6.43. The predicted molar refractivity (Wildman–Crippen MR) is 102 cm³/mol. The van der Waals surface area contributed by atoms with E-state index in [1.165, 1.54) is 12.1 Å². The van der Waals surface area contributed by atoms with Gasteiger partial charge in [-0.25, -0.2) is 4.39 Å². The summed E-state index contributed by atoms with van der Waals surface area (Å²) in [6, 6.07) is 8.47. The molecule has 1 unspecified atom stereocenters. The molecule has 1 fully saturated rings. The Balaban J connectivity index is 0.00000243. The summed E-state index contributed by atoms with van der Waals surface area (Å²) in [4.78, 5) is 12.4. The van der Waals surface area contributed by atoms with Crippen molar-refractivity contribution in [1.82, 2.24) is 20.4 Å². The Kier molecular flexibility index (Phi) is 6.78. The summed E-state index contributed by atoms with van der Waals surface area (Å²) in [7, 11) is 0. The zero-order chi connectivity index (χ0) is 17.9. The standard InChI is InChI=1S/C19H25FN4O.ClH/c1-19(2,14-5-7-15(20)8-6-14)13-22-18(25)17-9-11-24(23-17)16-4-3-10-21-12-16;/h5-9,11,16,21H,3-4,10,12-13H2,1-2H3,(H,22,25);1H. The normalized spacial score (nSPS) is 17.4. The molecule has 1 amide bonds. The van der Waals surface area contributed by atoms with Crippen LogP contribution in [0.5, 0.6) is 0 Å². The van der Waals surface area contributed by atoms with Crippen LogP contribution < -0.4 is 10.6 Å². The molecule has 1 aliphatic rings. The van der Waals surface area contributed by atoms with Gasteiger partial charge in [0, 0.05) is 24.7 Å². The molecule has 2 N–H and O–H groups in total. The molecule has 0 aliphatic carbocycles. The van der Waals surface area contributed by atoms with Gasteiger partial charge < -0.3 is 10.6 Å². The zero-order valence-electron chi connectivity index (χ0n) is 15.2. The number of nitrogens with one attached hydrogen (secondary N) is 2. The van der Waals surface area contributed by atoms with Gasteiger partial charge in [-0.1, -0.05) is 26.0 Å². The lowest BCUT2D eigenvalue weighted by Crippen LogP contribution is -2.37. The summed E-state index contributed by atoms with van der Waals surface area (Å²) < 4.78 is 15.0. The molecule has 0 bridgehead atoms. The van der Waals surface area contributed by atoms with E-state index in [1.807, 2.05) is 24.7 Å². The maximum atomic E-state index is 13.1. The van der Waals surface area contributed by atoms with Gasteiger partial charge in [0.1, 0.15) is 11.5 Å². The van der Waals surface area contributed by atoms with Gasteiger partial charge in [-0.05, 0) is 43.1 Å². The first-order chi connectivity index (χ1) is 12.0. The number of carbonyl (C=O) groups is 1. The summed E-state index contributed by atoms with van der Waals surface area (Å²) in [5, 5.41) is 10.7. The number of benzene rings is 1. The molecule has 142 valence electrons. The van der Waals surface area contributed by atoms with Crippen LogP contribution in [0.3, 0.4) is 0 Å². The molecule has 1 aromatic heterocycles. The molecule has 1 aliphatic heterocycles. The second-order valence-corrected chi connectivity index (χ2v) is 7.25. The number of aromatic nitrogens is 2. The van der Waals surface area contributed by atoms with Crippen molar-refractivity contribution in [1.29, 1.82) is 0 Å². The fourth-order valence-electron chi connectivity index (χ4n) is 3.12. The maximum Gasteiger partial charge on any atom is 0.271 e. The van der Waals surface area contributed by atoms with E-state index < -0.39 is 0 Å². The van der Waals surface area contributed by atoms with Crippen molar-refractivity contribution in [2.45, 2.75) is 38.1 Å². The molecule has 1 atom stereocenters. The van der Waals surface area contributed by atoms with Gasteiger partial charge in [0.25, 0.3) is 5.91 Å². The van der Waals surface area contributed by atoms with Crippen molar-refractivity contribution in [3.8, 4) is 0 Å². The molecule has 7 heteroatoms. The van der Waals surface area contributed by atoms with E-state index in [2.05, 4.69) is 15.7 Å². The zero-order valence-corrected chi connectivity index (χ0v) is 16.0. The number of rotatable bonds is 5. The van der Waals surface area contributed by atoms with Gasteiger partial charge in [-0.15, -0.1) is 12.4 Å². The third-order valence-electron chi connectivity index (χ3n) is 4.80. The summed E-state index contributed by atoms with van der Waals surface area (Å²) in [5.41, 5.74) is 1.12. The first-order valence-corrected chi connectivity index (χ1v) is 8.76. The van der Waals surface area contributed by atoms with E-state index in [-0.39, 0.29) is 29.5 Å². The molecule has 0 radical (unpaired) electrons. The van der Waals surface area contributed by atoms with Crippen molar-refractivity contribution < 1.29 is 9.18 Å². The molecule has 0 saturated carbocycles. The molecule has 0 spiro atoms. The van der Waals surface area contributed by atoms with E-state index in [0.29, 0.717) is 18.3 Å². The number of nitrogens with zero attached hydrogens (tertiary/aromatic N) is 2. The fourth-order valence-corrected chi connectivity index (χ4v) is 3.12. The van der Waals surface area contributed by atoms with Gasteiger partial charge in [-0.3, -0.25) is 9.48 Å². The van der Waals surface area contributed by atoms with Crippen LogP contribution in [0.25, 0.3) is 0 Å². The third kappa shape index (κ3) is 4.83. The highest BCUT2D eigenvalue weighted by molar-refractivity contribution is 5.92. The molecule has 5 nitrogen and oxygen atoms in total. The van der Waals surface area contributed by atoms with Crippen LogP contribution in [0.1, 0.15) is 48.8 Å². The molecule has 26 heavy (non-hydrogen) atoms. The largest absolute Gasteiger partial charge is 0.350 e. The predicted octanol–water partition coefficient (Wildman–Crippen LogP) is 3.08. The molecule has 3 rings (SSSR count). The van der Waals surface area contributed by atoms with E-state index in [0.717, 1.165) is 31.5 Å². The number of hydrogen-bond acceptors (Lipinski definition) is 3. The Bertz CT molecular complexity index is 723. The lowest BCUT2D eigenvalue weighted by molar-refractivity contribution is 0.0939. The quantitative estimate of drug-likeness (QED) is 0.838. The van der Waals surface area contributed by atoms with Gasteiger partial charge in [0.2, 0.25) is 0 Å². The monoisotopic (exact) mass is 380 g/mol. The van der Waals surface area contributed by atoms with Crippen molar-refractivity contribution in [2.24, 2.45) is 0 Å². The second-order valence-electron chi connectivity index (χ2n) is 7.25. The molecular weight excluding hydrogens is 355 g/mol. The average Bonchev–Trinajstić information content (AvgIpc) is 3.11. The van der Waals surface area contributed by atoms with Gasteiger partial charge in [0.05, 0.1) is 6.04 Å².